The van der Waals surface area contributed by atoms with Crippen molar-refractivity contribution in [3.8, 4) is 11.8 Å². The number of rotatable bonds is 5. The lowest BCUT2D eigenvalue weighted by Gasteiger charge is -2.17. The van der Waals surface area contributed by atoms with Crippen LogP contribution in [0.3, 0.4) is 0 Å². The Hall–Kier alpha value is -4.25. The van der Waals surface area contributed by atoms with Crippen LogP contribution in [0.2, 0.25) is 0 Å². The highest BCUT2D eigenvalue weighted by Crippen LogP contribution is 2.20. The van der Waals surface area contributed by atoms with Crippen LogP contribution in [-0.4, -0.2) is 26.1 Å². The first-order chi connectivity index (χ1) is 15.4. The first-order valence-electron chi connectivity index (χ1n) is 10.3. The summed E-state index contributed by atoms with van der Waals surface area (Å²) in [6.07, 6.45) is 0.432. The van der Waals surface area contributed by atoms with Crippen LogP contribution in [0.4, 0.5) is 11.8 Å². The van der Waals surface area contributed by atoms with Gasteiger partial charge in [-0.3, -0.25) is 9.36 Å². The van der Waals surface area contributed by atoms with E-state index in [4.69, 9.17) is 10.7 Å². The average Bonchev–Trinajstić information content (AvgIpc) is 2.74. The van der Waals surface area contributed by atoms with Gasteiger partial charge in [0, 0.05) is 13.0 Å². The van der Waals surface area contributed by atoms with Crippen LogP contribution < -0.4 is 16.6 Å². The number of anilines is 2. The highest BCUT2D eigenvalue weighted by atomic mass is 16.1. The van der Waals surface area contributed by atoms with Crippen LogP contribution in [0.1, 0.15) is 28.2 Å². The molecule has 0 bridgehead atoms. The monoisotopic (exact) mass is 425 g/mol. The summed E-state index contributed by atoms with van der Waals surface area (Å²) in [5.74, 6) is 1.09. The Labute approximate surface area is 185 Å². The topological polar surface area (TPSA) is 123 Å². The van der Waals surface area contributed by atoms with Gasteiger partial charge < -0.3 is 11.1 Å². The first-order valence-corrected chi connectivity index (χ1v) is 10.3. The molecule has 4 rings (SSSR count). The Morgan fingerprint density at radius 3 is 2.53 bits per heavy atom. The number of nitrogens with two attached hydrogens (primary N) is 1. The SMILES string of the molecule is Cc1ccccc1-n1c(CCNc2nc(N)nc(C)c2C#N)nc2cccc(C)c2c1=O. The van der Waals surface area contributed by atoms with Crippen molar-refractivity contribution in [1.29, 1.82) is 5.26 Å². The lowest BCUT2D eigenvalue weighted by Crippen LogP contribution is -2.26. The van der Waals surface area contributed by atoms with Gasteiger partial charge in [-0.1, -0.05) is 30.3 Å². The molecular formula is C24H23N7O. The summed E-state index contributed by atoms with van der Waals surface area (Å²) in [6, 6.07) is 15.5. The number of nitrogen functional groups attached to an aromatic ring is 1. The summed E-state index contributed by atoms with van der Waals surface area (Å²) in [7, 11) is 0. The minimum absolute atomic E-state index is 0.0973. The third kappa shape index (κ3) is 3.76. The number of nitrogens with one attached hydrogen (secondary N) is 1. The molecule has 0 unspecified atom stereocenters. The fourth-order valence-corrected chi connectivity index (χ4v) is 3.82. The molecule has 160 valence electrons. The van der Waals surface area contributed by atoms with E-state index in [9.17, 15) is 10.1 Å². The summed E-state index contributed by atoms with van der Waals surface area (Å²) in [5, 5.41) is 13.2. The summed E-state index contributed by atoms with van der Waals surface area (Å²) < 4.78 is 1.68. The van der Waals surface area contributed by atoms with Crippen LogP contribution >= 0.6 is 0 Å². The number of nitrogens with zero attached hydrogens (tertiary/aromatic N) is 5. The van der Waals surface area contributed by atoms with Gasteiger partial charge in [0.05, 0.1) is 22.3 Å². The molecule has 0 radical (unpaired) electrons. The largest absolute Gasteiger partial charge is 0.368 e. The molecule has 0 spiro atoms. The number of aromatic nitrogens is 4. The number of benzene rings is 2. The predicted octanol–water partition coefficient (Wildman–Crippen LogP) is 3.21. The van der Waals surface area contributed by atoms with Crippen molar-refractivity contribution in [3.05, 3.63) is 81.0 Å². The quantitative estimate of drug-likeness (QED) is 0.503. The third-order valence-electron chi connectivity index (χ3n) is 5.39. The molecule has 0 aliphatic carbocycles. The molecule has 0 aliphatic heterocycles. The van der Waals surface area contributed by atoms with E-state index >= 15 is 0 Å². The molecule has 0 atom stereocenters. The summed E-state index contributed by atoms with van der Waals surface area (Å²) in [5.41, 5.74) is 9.83. The van der Waals surface area contributed by atoms with E-state index in [-0.39, 0.29) is 11.5 Å². The average molecular weight is 425 g/mol. The standard InChI is InChI=1S/C24H23N7O/c1-14-7-4-5-10-19(14)31-20(29-18-9-6-8-15(2)21(18)23(31)32)11-12-27-22-17(13-25)16(3)28-24(26)30-22/h4-10H,11-12H2,1-3H3,(H3,26,27,28,30). The van der Waals surface area contributed by atoms with Crippen LogP contribution in [-0.2, 0) is 6.42 Å². The fourth-order valence-electron chi connectivity index (χ4n) is 3.82. The Balaban J connectivity index is 1.78. The van der Waals surface area contributed by atoms with E-state index in [1.165, 1.54) is 0 Å². The van der Waals surface area contributed by atoms with E-state index < -0.39 is 0 Å². The van der Waals surface area contributed by atoms with Gasteiger partial charge in [-0.15, -0.1) is 0 Å². The molecule has 0 saturated heterocycles. The fraction of sp³-hybridized carbons (Fsp3) is 0.208. The third-order valence-corrected chi connectivity index (χ3v) is 5.39. The maximum absolute atomic E-state index is 13.6. The molecule has 4 aromatic rings. The van der Waals surface area contributed by atoms with Crippen LogP contribution in [0, 0.1) is 32.1 Å². The highest BCUT2D eigenvalue weighted by molar-refractivity contribution is 5.81. The van der Waals surface area contributed by atoms with Gasteiger partial charge in [0.15, 0.2) is 0 Å². The number of aryl methyl sites for hydroxylation is 3. The molecule has 3 N–H and O–H groups in total. The molecular weight excluding hydrogens is 402 g/mol. The van der Waals surface area contributed by atoms with Crippen molar-refractivity contribution >= 4 is 22.7 Å². The van der Waals surface area contributed by atoms with E-state index in [1.54, 1.807) is 11.5 Å². The lowest BCUT2D eigenvalue weighted by atomic mass is 10.1. The molecule has 0 aliphatic rings. The van der Waals surface area contributed by atoms with Crippen molar-refractivity contribution in [3.63, 3.8) is 0 Å². The molecule has 0 fully saturated rings. The van der Waals surface area contributed by atoms with Crippen molar-refractivity contribution < 1.29 is 0 Å². The van der Waals surface area contributed by atoms with Gasteiger partial charge in [0.1, 0.15) is 23.3 Å². The Morgan fingerprint density at radius 2 is 1.78 bits per heavy atom. The van der Waals surface area contributed by atoms with Crippen LogP contribution in [0.5, 0.6) is 0 Å². The van der Waals surface area contributed by atoms with E-state index in [0.29, 0.717) is 46.8 Å². The normalized spacial score (nSPS) is 10.8. The van der Waals surface area contributed by atoms with E-state index in [1.807, 2.05) is 56.3 Å². The maximum atomic E-state index is 13.6. The zero-order valence-corrected chi connectivity index (χ0v) is 18.2. The molecule has 2 aromatic carbocycles. The Morgan fingerprint density at radius 1 is 1.03 bits per heavy atom. The second-order valence-electron chi connectivity index (χ2n) is 7.60. The molecule has 2 aromatic heterocycles. The minimum atomic E-state index is -0.0998. The second kappa shape index (κ2) is 8.47. The van der Waals surface area contributed by atoms with Gasteiger partial charge in [-0.2, -0.15) is 10.2 Å². The second-order valence-corrected chi connectivity index (χ2v) is 7.60. The molecule has 32 heavy (non-hydrogen) atoms. The number of para-hydroxylation sites is 1. The number of fused-ring (bicyclic) bond motifs is 1. The van der Waals surface area contributed by atoms with Gasteiger partial charge in [-0.05, 0) is 44.0 Å². The molecule has 0 saturated carbocycles. The molecule has 8 nitrogen and oxygen atoms in total. The minimum Gasteiger partial charge on any atom is -0.368 e. The van der Waals surface area contributed by atoms with Gasteiger partial charge in [-0.25, -0.2) is 9.97 Å². The first kappa shape index (κ1) is 21.0. The summed E-state index contributed by atoms with van der Waals surface area (Å²) in [4.78, 5) is 26.6. The number of hydrogen-bond acceptors (Lipinski definition) is 7. The summed E-state index contributed by atoms with van der Waals surface area (Å²) >= 11 is 0. The van der Waals surface area contributed by atoms with Crippen molar-refractivity contribution in [2.75, 3.05) is 17.6 Å². The predicted molar refractivity (Wildman–Crippen MR) is 125 cm³/mol. The van der Waals surface area contributed by atoms with Crippen molar-refractivity contribution in [1.82, 2.24) is 19.5 Å². The van der Waals surface area contributed by atoms with Gasteiger partial charge >= 0.3 is 0 Å². The smallest absolute Gasteiger partial charge is 0.266 e. The highest BCUT2D eigenvalue weighted by Gasteiger charge is 2.16. The zero-order chi connectivity index (χ0) is 22.8. The van der Waals surface area contributed by atoms with Gasteiger partial charge in [0.25, 0.3) is 5.56 Å². The summed E-state index contributed by atoms with van der Waals surface area (Å²) in [6.45, 7) is 6.00. The maximum Gasteiger partial charge on any atom is 0.266 e. The van der Waals surface area contributed by atoms with Crippen LogP contribution in [0.15, 0.2) is 47.3 Å². The van der Waals surface area contributed by atoms with Crippen molar-refractivity contribution in [2.24, 2.45) is 0 Å². The molecule has 8 heteroatoms. The Kier molecular flexibility index (Phi) is 5.56. The van der Waals surface area contributed by atoms with Crippen LogP contribution in [0.25, 0.3) is 16.6 Å². The Bertz CT molecular complexity index is 1430. The zero-order valence-electron chi connectivity index (χ0n) is 18.2. The molecule has 0 amide bonds. The lowest BCUT2D eigenvalue weighted by molar-refractivity contribution is 0.805. The van der Waals surface area contributed by atoms with Gasteiger partial charge in [0.2, 0.25) is 5.95 Å². The van der Waals surface area contributed by atoms with E-state index in [0.717, 1.165) is 16.8 Å². The van der Waals surface area contributed by atoms with Crippen molar-refractivity contribution in [2.45, 2.75) is 27.2 Å². The number of nitriles is 1. The molecule has 2 heterocycles. The van der Waals surface area contributed by atoms with E-state index in [2.05, 4.69) is 21.4 Å². The number of hydrogen-bond donors (Lipinski definition) is 2.